The van der Waals surface area contributed by atoms with Crippen LogP contribution in [-0.2, 0) is 10.0 Å². The summed E-state index contributed by atoms with van der Waals surface area (Å²) < 4.78 is 26.3. The molecule has 0 aromatic carbocycles. The lowest BCUT2D eigenvalue weighted by atomic mass is 10.3. The molecule has 0 bridgehead atoms. The van der Waals surface area contributed by atoms with Crippen molar-refractivity contribution in [1.29, 1.82) is 0 Å². The second-order valence-electron chi connectivity index (χ2n) is 4.29. The molecule has 0 aliphatic rings. The molecule has 0 saturated carbocycles. The molecular formula is C11H18ClN3O2S. The molecule has 0 saturated heterocycles. The fourth-order valence-corrected chi connectivity index (χ4v) is 2.30. The van der Waals surface area contributed by atoms with Crippen molar-refractivity contribution in [3.8, 4) is 0 Å². The number of aromatic nitrogens is 1. The normalized spacial score (nSPS) is 12.3. The average molecular weight is 292 g/mol. The number of sulfonamides is 1. The zero-order chi connectivity index (χ0) is 13.8. The summed E-state index contributed by atoms with van der Waals surface area (Å²) in [4.78, 5) is 5.94. The second-order valence-corrected chi connectivity index (χ2v) is 6.44. The van der Waals surface area contributed by atoms with Gasteiger partial charge in [-0.15, -0.1) is 0 Å². The van der Waals surface area contributed by atoms with Crippen LogP contribution in [0.1, 0.15) is 13.8 Å². The average Bonchev–Trinajstić information content (AvgIpc) is 2.29. The summed E-state index contributed by atoms with van der Waals surface area (Å²) in [5.41, 5.74) is 0. The van der Waals surface area contributed by atoms with Gasteiger partial charge in [0.25, 0.3) is 0 Å². The Morgan fingerprint density at radius 3 is 2.61 bits per heavy atom. The van der Waals surface area contributed by atoms with Crippen molar-refractivity contribution >= 4 is 21.6 Å². The third-order valence-electron chi connectivity index (χ3n) is 2.65. The lowest BCUT2D eigenvalue weighted by molar-refractivity contribution is 0.278. The van der Waals surface area contributed by atoms with Gasteiger partial charge in [-0.2, -0.15) is 0 Å². The summed E-state index contributed by atoms with van der Waals surface area (Å²) >= 11 is 5.61. The summed E-state index contributed by atoms with van der Waals surface area (Å²) in [5, 5.41) is 0.272. The maximum Gasteiger partial charge on any atom is 0.242 e. The van der Waals surface area contributed by atoms with Crippen molar-refractivity contribution in [2.45, 2.75) is 24.8 Å². The van der Waals surface area contributed by atoms with E-state index in [1.165, 1.54) is 18.3 Å². The minimum atomic E-state index is -3.50. The van der Waals surface area contributed by atoms with Crippen molar-refractivity contribution in [3.05, 3.63) is 23.5 Å². The molecule has 102 valence electrons. The molecule has 0 unspecified atom stereocenters. The van der Waals surface area contributed by atoms with Gasteiger partial charge in [-0.05, 0) is 33.0 Å². The number of likely N-dealkylation sites (N-methyl/N-ethyl adjacent to an activating group) is 1. The predicted octanol–water partition coefficient (Wildman–Crippen LogP) is 1.35. The van der Waals surface area contributed by atoms with E-state index in [1.807, 2.05) is 7.05 Å². The molecule has 0 radical (unpaired) electrons. The molecule has 0 fully saturated rings. The van der Waals surface area contributed by atoms with E-state index >= 15 is 0 Å². The third kappa shape index (κ3) is 4.53. The van der Waals surface area contributed by atoms with Crippen LogP contribution in [0.25, 0.3) is 0 Å². The van der Waals surface area contributed by atoms with Crippen LogP contribution in [0.3, 0.4) is 0 Å². The van der Waals surface area contributed by atoms with Gasteiger partial charge in [0.1, 0.15) is 10.0 Å². The standard InChI is InChI=1S/C11H18ClN3O2S/c1-9(2)15(3)7-6-14-18(16,17)10-4-5-11(12)13-8-10/h4-5,8-9,14H,6-7H2,1-3H3. The van der Waals surface area contributed by atoms with E-state index in [-0.39, 0.29) is 10.0 Å². The number of nitrogens with zero attached hydrogens (tertiary/aromatic N) is 2. The Hall–Kier alpha value is -0.690. The number of hydrogen-bond acceptors (Lipinski definition) is 4. The topological polar surface area (TPSA) is 62.3 Å². The molecule has 0 aliphatic heterocycles. The maximum absolute atomic E-state index is 11.9. The van der Waals surface area contributed by atoms with E-state index in [2.05, 4.69) is 28.5 Å². The van der Waals surface area contributed by atoms with Crippen LogP contribution in [0, 0.1) is 0 Å². The summed E-state index contributed by atoms with van der Waals surface area (Å²) in [6, 6.07) is 3.27. The molecule has 1 N–H and O–H groups in total. The van der Waals surface area contributed by atoms with Gasteiger partial charge in [0.2, 0.25) is 10.0 Å². The first-order valence-electron chi connectivity index (χ1n) is 5.64. The molecule has 0 atom stereocenters. The van der Waals surface area contributed by atoms with Crippen molar-refractivity contribution in [1.82, 2.24) is 14.6 Å². The first-order chi connectivity index (χ1) is 8.33. The molecule has 18 heavy (non-hydrogen) atoms. The van der Waals surface area contributed by atoms with Crippen LogP contribution in [0.15, 0.2) is 23.2 Å². The SMILES string of the molecule is CC(C)N(C)CCNS(=O)(=O)c1ccc(Cl)nc1. The van der Waals surface area contributed by atoms with Gasteiger partial charge in [-0.3, -0.25) is 0 Å². The molecule has 5 nitrogen and oxygen atoms in total. The van der Waals surface area contributed by atoms with Crippen molar-refractivity contribution in [2.75, 3.05) is 20.1 Å². The van der Waals surface area contributed by atoms with E-state index in [9.17, 15) is 8.42 Å². The number of hydrogen-bond donors (Lipinski definition) is 1. The van der Waals surface area contributed by atoms with E-state index < -0.39 is 10.0 Å². The smallest absolute Gasteiger partial charge is 0.242 e. The van der Waals surface area contributed by atoms with E-state index in [0.717, 1.165) is 0 Å². The van der Waals surface area contributed by atoms with Crippen LogP contribution in [0.4, 0.5) is 0 Å². The highest BCUT2D eigenvalue weighted by atomic mass is 35.5. The zero-order valence-electron chi connectivity index (χ0n) is 10.7. The number of halogens is 1. The quantitative estimate of drug-likeness (QED) is 0.804. The highest BCUT2D eigenvalue weighted by Gasteiger charge is 2.14. The summed E-state index contributed by atoms with van der Waals surface area (Å²) in [6.07, 6.45) is 1.25. The molecule has 1 rings (SSSR count). The number of rotatable bonds is 6. The Labute approximate surface area is 113 Å². The van der Waals surface area contributed by atoms with Gasteiger partial charge in [0.05, 0.1) is 0 Å². The van der Waals surface area contributed by atoms with Crippen LogP contribution >= 0.6 is 11.6 Å². The van der Waals surface area contributed by atoms with Crippen molar-refractivity contribution in [3.63, 3.8) is 0 Å². The van der Waals surface area contributed by atoms with Gasteiger partial charge in [-0.1, -0.05) is 11.6 Å². The highest BCUT2D eigenvalue weighted by Crippen LogP contribution is 2.10. The minimum absolute atomic E-state index is 0.124. The lowest BCUT2D eigenvalue weighted by Gasteiger charge is -2.20. The molecule has 0 spiro atoms. The minimum Gasteiger partial charge on any atom is -0.303 e. The van der Waals surface area contributed by atoms with Gasteiger partial charge < -0.3 is 4.90 Å². The molecule has 1 aromatic rings. The predicted molar refractivity (Wildman–Crippen MR) is 72.2 cm³/mol. The number of nitrogens with one attached hydrogen (secondary N) is 1. The molecule has 0 amide bonds. The Balaban J connectivity index is 2.58. The Kier molecular flexibility index (Phi) is 5.52. The molecule has 0 aliphatic carbocycles. The first-order valence-corrected chi connectivity index (χ1v) is 7.50. The van der Waals surface area contributed by atoms with Crippen molar-refractivity contribution in [2.24, 2.45) is 0 Å². The van der Waals surface area contributed by atoms with Crippen LogP contribution < -0.4 is 4.72 Å². The fourth-order valence-electron chi connectivity index (χ4n) is 1.22. The summed E-state index contributed by atoms with van der Waals surface area (Å²) in [5.74, 6) is 0. The zero-order valence-corrected chi connectivity index (χ0v) is 12.3. The third-order valence-corrected chi connectivity index (χ3v) is 4.32. The fraction of sp³-hybridized carbons (Fsp3) is 0.545. The second kappa shape index (κ2) is 6.47. The summed E-state index contributed by atoms with van der Waals surface area (Å²) in [7, 11) is -1.55. The monoisotopic (exact) mass is 291 g/mol. The van der Waals surface area contributed by atoms with Gasteiger partial charge in [-0.25, -0.2) is 18.1 Å². The van der Waals surface area contributed by atoms with Gasteiger partial charge in [0, 0.05) is 25.3 Å². The highest BCUT2D eigenvalue weighted by molar-refractivity contribution is 7.89. The Morgan fingerprint density at radius 1 is 1.44 bits per heavy atom. The van der Waals surface area contributed by atoms with E-state index in [0.29, 0.717) is 19.1 Å². The van der Waals surface area contributed by atoms with Gasteiger partial charge in [0.15, 0.2) is 0 Å². The molecule has 7 heteroatoms. The first kappa shape index (κ1) is 15.4. The largest absolute Gasteiger partial charge is 0.303 e. The van der Waals surface area contributed by atoms with E-state index in [1.54, 1.807) is 0 Å². The van der Waals surface area contributed by atoms with Gasteiger partial charge >= 0.3 is 0 Å². The van der Waals surface area contributed by atoms with Crippen LogP contribution in [-0.4, -0.2) is 44.5 Å². The summed E-state index contributed by atoms with van der Waals surface area (Å²) in [6.45, 7) is 5.12. The Bertz CT molecular complexity index is 474. The van der Waals surface area contributed by atoms with Crippen molar-refractivity contribution < 1.29 is 8.42 Å². The van der Waals surface area contributed by atoms with E-state index in [4.69, 9.17) is 11.6 Å². The number of pyridine rings is 1. The lowest BCUT2D eigenvalue weighted by Crippen LogP contribution is -2.36. The maximum atomic E-state index is 11.9. The molecular weight excluding hydrogens is 274 g/mol. The molecule has 1 aromatic heterocycles. The Morgan fingerprint density at radius 2 is 2.11 bits per heavy atom. The molecule has 1 heterocycles. The van der Waals surface area contributed by atoms with Crippen LogP contribution in [0.2, 0.25) is 5.15 Å². The van der Waals surface area contributed by atoms with Crippen LogP contribution in [0.5, 0.6) is 0 Å².